The topological polar surface area (TPSA) is 158 Å². The molecule has 0 unspecified atom stereocenters. The Kier molecular flexibility index (Phi) is 6.02. The summed E-state index contributed by atoms with van der Waals surface area (Å²) in [4.78, 5) is 54.2. The number of hydrogen-bond acceptors (Lipinski definition) is 5. The number of amides is 2. The molecular weight excluding hydrogens is 370 g/mol. The Morgan fingerprint density at radius 1 is 0.679 bits per heavy atom. The van der Waals surface area contributed by atoms with Crippen LogP contribution < -0.4 is 5.32 Å². The van der Waals surface area contributed by atoms with Gasteiger partial charge in [-0.1, -0.05) is 30.3 Å². The zero-order chi connectivity index (χ0) is 20.8. The zero-order valence-corrected chi connectivity index (χ0v) is 14.1. The van der Waals surface area contributed by atoms with Gasteiger partial charge in [0, 0.05) is 11.6 Å². The molecule has 0 fully saturated rings. The van der Waals surface area contributed by atoms with Crippen molar-refractivity contribution in [2.24, 2.45) is 0 Å². The van der Waals surface area contributed by atoms with Gasteiger partial charge in [0.15, 0.2) is 0 Å². The third-order valence-electron chi connectivity index (χ3n) is 3.59. The van der Waals surface area contributed by atoms with Crippen LogP contribution in [0.3, 0.4) is 0 Å². The Bertz CT molecular complexity index is 989. The third-order valence-corrected chi connectivity index (χ3v) is 3.59. The van der Waals surface area contributed by atoms with Crippen molar-refractivity contribution in [3.63, 3.8) is 0 Å². The molecule has 0 atom stereocenters. The first-order chi connectivity index (χ1) is 13.2. The van der Waals surface area contributed by atoms with Crippen LogP contribution in [0.1, 0.15) is 36.6 Å². The van der Waals surface area contributed by atoms with Crippen LogP contribution in [0.15, 0.2) is 54.6 Å². The maximum Gasteiger partial charge on any atom is 0.336 e. The number of carboxylic acids is 3. The molecule has 0 aromatic heterocycles. The monoisotopic (exact) mass is 383 g/mol. The van der Waals surface area contributed by atoms with Gasteiger partial charge < -0.3 is 15.3 Å². The second-order valence-corrected chi connectivity index (χ2v) is 5.38. The minimum atomic E-state index is -1.23. The van der Waals surface area contributed by atoms with Crippen molar-refractivity contribution in [2.45, 2.75) is 0 Å². The maximum atomic E-state index is 11.4. The molecule has 9 nitrogen and oxygen atoms in total. The van der Waals surface area contributed by atoms with E-state index < -0.39 is 29.7 Å². The Morgan fingerprint density at radius 3 is 1.50 bits per heavy atom. The molecule has 1 aliphatic heterocycles. The summed E-state index contributed by atoms with van der Waals surface area (Å²) in [6, 6.07) is 11.5. The number of carboxylic acid groups (broad SMARTS) is 3. The highest BCUT2D eigenvalue weighted by molar-refractivity contribution is 6.34. The number of rotatable bonds is 4. The molecule has 0 spiro atoms. The molecule has 0 saturated heterocycles. The average molecular weight is 383 g/mol. The number of carbonyl (C=O) groups excluding carboxylic acids is 2. The average Bonchev–Trinajstić information content (AvgIpc) is 3.00. The Labute approximate surface area is 157 Å². The third kappa shape index (κ3) is 4.47. The fraction of sp³-hybridized carbons (Fsp3) is 0. The highest BCUT2D eigenvalue weighted by Crippen LogP contribution is 2.22. The van der Waals surface area contributed by atoms with E-state index in [1.165, 1.54) is 36.4 Å². The summed E-state index contributed by atoms with van der Waals surface area (Å²) < 4.78 is 0. The number of benzene rings is 2. The van der Waals surface area contributed by atoms with Gasteiger partial charge >= 0.3 is 17.9 Å². The predicted octanol–water partition coefficient (Wildman–Crippen LogP) is 1.51. The van der Waals surface area contributed by atoms with Crippen LogP contribution in [0, 0.1) is 0 Å². The summed E-state index contributed by atoms with van der Waals surface area (Å²) in [5, 5.41) is 28.1. The summed E-state index contributed by atoms with van der Waals surface area (Å²) in [7, 11) is 0. The van der Waals surface area contributed by atoms with Gasteiger partial charge in [-0.3, -0.25) is 14.9 Å². The van der Waals surface area contributed by atoms with Crippen LogP contribution in [0.25, 0.3) is 5.57 Å². The van der Waals surface area contributed by atoms with Gasteiger partial charge in [-0.15, -0.1) is 0 Å². The molecule has 0 aliphatic carbocycles. The SMILES string of the molecule is O=C(O)c1ccccc1C(=O)O.O=C1C=C(c2ccccc2C(=O)O)C(=O)N1. The van der Waals surface area contributed by atoms with Gasteiger partial charge in [0.05, 0.1) is 22.3 Å². The first-order valence-corrected chi connectivity index (χ1v) is 7.67. The number of imide groups is 1. The molecule has 0 bridgehead atoms. The quantitative estimate of drug-likeness (QED) is 0.578. The molecule has 2 aromatic rings. The molecular formula is C19H13NO8. The van der Waals surface area contributed by atoms with E-state index >= 15 is 0 Å². The number of hydrogen-bond donors (Lipinski definition) is 4. The van der Waals surface area contributed by atoms with E-state index in [1.807, 2.05) is 0 Å². The van der Waals surface area contributed by atoms with Crippen LogP contribution in [0.2, 0.25) is 0 Å². The smallest absolute Gasteiger partial charge is 0.336 e. The molecule has 3 rings (SSSR count). The standard InChI is InChI=1S/C11H7NO4.C8H6O4/c13-9-5-8(10(14)12-9)6-3-1-2-4-7(6)11(15)16;9-7(10)5-3-1-2-4-6(5)8(11)12/h1-5H,(H,15,16)(H,12,13,14);1-4H,(H,9,10)(H,11,12). The van der Waals surface area contributed by atoms with Crippen LogP contribution in [0.5, 0.6) is 0 Å². The van der Waals surface area contributed by atoms with Crippen molar-refractivity contribution < 1.29 is 39.3 Å². The molecule has 28 heavy (non-hydrogen) atoms. The van der Waals surface area contributed by atoms with Gasteiger partial charge in [-0.05, 0) is 18.2 Å². The minimum Gasteiger partial charge on any atom is -0.478 e. The lowest BCUT2D eigenvalue weighted by molar-refractivity contribution is -0.123. The normalized spacial score (nSPS) is 12.4. The Balaban J connectivity index is 0.000000209. The van der Waals surface area contributed by atoms with E-state index in [-0.39, 0.29) is 27.8 Å². The van der Waals surface area contributed by atoms with E-state index in [9.17, 15) is 24.0 Å². The largest absolute Gasteiger partial charge is 0.478 e. The van der Waals surface area contributed by atoms with Gasteiger partial charge in [0.2, 0.25) is 0 Å². The lowest BCUT2D eigenvalue weighted by atomic mass is 10.00. The van der Waals surface area contributed by atoms with Crippen molar-refractivity contribution >= 4 is 35.3 Å². The van der Waals surface area contributed by atoms with Crippen molar-refractivity contribution in [1.82, 2.24) is 5.32 Å². The lowest BCUT2D eigenvalue weighted by Crippen LogP contribution is -2.22. The number of carbonyl (C=O) groups is 5. The summed E-state index contributed by atoms with van der Waals surface area (Å²) in [5.41, 5.74) is -0.0463. The van der Waals surface area contributed by atoms with Crippen molar-refractivity contribution in [3.05, 3.63) is 76.9 Å². The first-order valence-electron chi connectivity index (χ1n) is 7.67. The number of nitrogens with one attached hydrogen (secondary N) is 1. The minimum absolute atomic E-state index is 0.00130. The first kappa shape index (κ1) is 20.0. The van der Waals surface area contributed by atoms with Crippen LogP contribution in [-0.4, -0.2) is 45.0 Å². The Morgan fingerprint density at radius 2 is 1.11 bits per heavy atom. The van der Waals surface area contributed by atoms with Gasteiger partial charge in [0.1, 0.15) is 0 Å². The molecule has 1 heterocycles. The fourth-order valence-corrected chi connectivity index (χ4v) is 2.37. The molecule has 9 heteroatoms. The van der Waals surface area contributed by atoms with Gasteiger partial charge in [-0.25, -0.2) is 14.4 Å². The van der Waals surface area contributed by atoms with Gasteiger partial charge in [-0.2, -0.15) is 0 Å². The molecule has 0 saturated carbocycles. The van der Waals surface area contributed by atoms with E-state index in [2.05, 4.69) is 5.32 Å². The van der Waals surface area contributed by atoms with E-state index in [0.29, 0.717) is 0 Å². The molecule has 2 amide bonds. The van der Waals surface area contributed by atoms with Crippen LogP contribution >= 0.6 is 0 Å². The highest BCUT2D eigenvalue weighted by Gasteiger charge is 2.25. The summed E-state index contributed by atoms with van der Waals surface area (Å²) >= 11 is 0. The van der Waals surface area contributed by atoms with Crippen molar-refractivity contribution in [1.29, 1.82) is 0 Å². The predicted molar refractivity (Wildman–Crippen MR) is 94.9 cm³/mol. The number of aromatic carboxylic acids is 3. The zero-order valence-electron chi connectivity index (χ0n) is 14.1. The molecule has 1 aliphatic rings. The van der Waals surface area contributed by atoms with E-state index in [1.54, 1.807) is 12.1 Å². The van der Waals surface area contributed by atoms with Crippen molar-refractivity contribution in [3.8, 4) is 0 Å². The van der Waals surface area contributed by atoms with Crippen LogP contribution in [-0.2, 0) is 9.59 Å². The maximum absolute atomic E-state index is 11.4. The van der Waals surface area contributed by atoms with Gasteiger partial charge in [0.25, 0.3) is 11.8 Å². The lowest BCUT2D eigenvalue weighted by Gasteiger charge is -2.04. The van der Waals surface area contributed by atoms with Crippen molar-refractivity contribution in [2.75, 3.05) is 0 Å². The molecule has 4 N–H and O–H groups in total. The fourth-order valence-electron chi connectivity index (χ4n) is 2.37. The van der Waals surface area contributed by atoms with E-state index in [4.69, 9.17) is 15.3 Å². The van der Waals surface area contributed by atoms with Crippen LogP contribution in [0.4, 0.5) is 0 Å². The Hall–Kier alpha value is -4.27. The summed E-state index contributed by atoms with van der Waals surface area (Å²) in [6.07, 6.45) is 1.10. The molecule has 2 aromatic carbocycles. The summed E-state index contributed by atoms with van der Waals surface area (Å²) in [6.45, 7) is 0. The summed E-state index contributed by atoms with van der Waals surface area (Å²) in [5.74, 6) is -4.69. The van der Waals surface area contributed by atoms with E-state index in [0.717, 1.165) is 6.08 Å². The highest BCUT2D eigenvalue weighted by atomic mass is 16.4. The molecule has 0 radical (unpaired) electrons. The second kappa shape index (κ2) is 8.41. The second-order valence-electron chi connectivity index (χ2n) is 5.38. The molecule has 142 valence electrons.